The lowest BCUT2D eigenvalue weighted by Crippen LogP contribution is -3.00. The third-order valence-corrected chi connectivity index (χ3v) is 9.35. The molecule has 0 radical (unpaired) electrons. The van der Waals surface area contributed by atoms with E-state index in [0.29, 0.717) is 23.7 Å². The molecule has 0 spiro atoms. The van der Waals surface area contributed by atoms with Crippen LogP contribution in [0.15, 0.2) is 134 Å². The third kappa shape index (κ3) is 14.4. The van der Waals surface area contributed by atoms with E-state index in [0.717, 1.165) is 22.3 Å². The number of alkyl halides is 2. The summed E-state index contributed by atoms with van der Waals surface area (Å²) in [4.78, 5) is 0. The molecule has 0 saturated carbocycles. The minimum absolute atomic E-state index is 0. The van der Waals surface area contributed by atoms with Crippen molar-refractivity contribution in [2.24, 2.45) is 0 Å². The molecule has 0 atom stereocenters. The van der Waals surface area contributed by atoms with Crippen LogP contribution in [-0.2, 0) is 13.1 Å². The van der Waals surface area contributed by atoms with Crippen LogP contribution in [0.2, 0.25) is 0 Å². The van der Waals surface area contributed by atoms with Crippen molar-refractivity contribution in [1.82, 2.24) is 0 Å². The predicted molar refractivity (Wildman–Crippen MR) is 231 cm³/mol. The summed E-state index contributed by atoms with van der Waals surface area (Å²) in [5.74, 6) is 25.2. The number of aryl methyl sites for hydroxylation is 4. The van der Waals surface area contributed by atoms with E-state index in [1.807, 2.05) is 24.3 Å². The number of nitrogens with zero attached hydrogens (tertiary/aromatic N) is 2. The third-order valence-electron chi connectivity index (χ3n) is 8.79. The molecule has 2 aromatic heterocycles. The SMILES string of the molecule is BrCC#Cc1ccc(-c2ccc(C#CCBr)cc2)cc1.Cc1cc[n+](CC#Cc2ccc(-c3ccc(C#CC[n+]4ccc(C)c(C)c4)cc3)cc2)cc1C.[Br-].[Br-]. The molecule has 0 saturated heterocycles. The molecule has 2 heterocycles. The van der Waals surface area contributed by atoms with Crippen molar-refractivity contribution in [3.63, 3.8) is 0 Å². The number of benzene rings is 4. The van der Waals surface area contributed by atoms with Crippen molar-refractivity contribution in [3.8, 4) is 69.6 Å². The molecule has 4 aromatic carbocycles. The van der Waals surface area contributed by atoms with Gasteiger partial charge in [-0.3, -0.25) is 0 Å². The zero-order chi connectivity index (χ0) is 38.1. The van der Waals surface area contributed by atoms with Crippen molar-refractivity contribution in [3.05, 3.63) is 178 Å². The summed E-state index contributed by atoms with van der Waals surface area (Å²) in [5.41, 5.74) is 14.0. The molecule has 6 aromatic rings. The second-order valence-electron chi connectivity index (χ2n) is 12.8. The van der Waals surface area contributed by atoms with Crippen LogP contribution < -0.4 is 43.1 Å². The Morgan fingerprint density at radius 3 is 0.893 bits per heavy atom. The molecule has 0 unspecified atom stereocenters. The van der Waals surface area contributed by atoms with Gasteiger partial charge in [0.2, 0.25) is 13.1 Å². The Morgan fingerprint density at radius 1 is 0.375 bits per heavy atom. The molecular weight excluding hydrogens is 948 g/mol. The molecule has 0 aliphatic rings. The minimum atomic E-state index is 0. The second kappa shape index (κ2) is 24.1. The first-order valence-corrected chi connectivity index (χ1v) is 20.0. The lowest BCUT2D eigenvalue weighted by molar-refractivity contribution is -0.685. The smallest absolute Gasteiger partial charge is 0.209 e. The fourth-order valence-corrected chi connectivity index (χ4v) is 5.66. The van der Waals surface area contributed by atoms with Crippen LogP contribution in [0.25, 0.3) is 22.3 Å². The summed E-state index contributed by atoms with van der Waals surface area (Å²) in [7, 11) is 0. The zero-order valence-electron chi connectivity index (χ0n) is 31.9. The molecule has 0 N–H and O–H groups in total. The van der Waals surface area contributed by atoms with Gasteiger partial charge in [-0.15, -0.1) is 0 Å². The topological polar surface area (TPSA) is 7.76 Å². The maximum atomic E-state index is 3.30. The maximum Gasteiger partial charge on any atom is 0.209 e. The van der Waals surface area contributed by atoms with E-state index in [9.17, 15) is 0 Å². The second-order valence-corrected chi connectivity index (χ2v) is 13.9. The zero-order valence-corrected chi connectivity index (χ0v) is 38.3. The van der Waals surface area contributed by atoms with Crippen LogP contribution in [0.4, 0.5) is 0 Å². The summed E-state index contributed by atoms with van der Waals surface area (Å²) in [5, 5.41) is 1.40. The molecule has 6 rings (SSSR count). The quantitative estimate of drug-likeness (QED) is 0.143. The molecule has 0 aliphatic heterocycles. The Labute approximate surface area is 371 Å². The Morgan fingerprint density at radius 2 is 0.643 bits per heavy atom. The van der Waals surface area contributed by atoms with Gasteiger partial charge in [0.1, 0.15) is 0 Å². The fourth-order valence-electron chi connectivity index (χ4n) is 5.38. The first-order valence-electron chi connectivity index (χ1n) is 17.7. The van der Waals surface area contributed by atoms with Crippen molar-refractivity contribution < 1.29 is 43.1 Å². The monoisotopic (exact) mass is 986 g/mol. The average Bonchev–Trinajstić information content (AvgIpc) is 3.20. The van der Waals surface area contributed by atoms with E-state index in [1.54, 1.807) is 0 Å². The highest BCUT2D eigenvalue weighted by molar-refractivity contribution is 9.09. The lowest BCUT2D eigenvalue weighted by Gasteiger charge is -2.02. The summed E-state index contributed by atoms with van der Waals surface area (Å²) >= 11 is 6.59. The molecule has 2 nitrogen and oxygen atoms in total. The van der Waals surface area contributed by atoms with Gasteiger partial charge in [-0.1, -0.05) is 116 Å². The molecule has 0 aliphatic carbocycles. The first kappa shape index (κ1) is 45.7. The van der Waals surface area contributed by atoms with Crippen LogP contribution in [-0.4, -0.2) is 10.7 Å². The summed E-state index contributed by atoms with van der Waals surface area (Å²) in [6, 6.07) is 37.7. The van der Waals surface area contributed by atoms with Gasteiger partial charge in [0, 0.05) is 45.5 Å². The number of pyridine rings is 2. The molecule has 56 heavy (non-hydrogen) atoms. The normalized spacial score (nSPS) is 9.39. The Balaban J connectivity index is 0.000000328. The molecule has 0 amide bonds. The van der Waals surface area contributed by atoms with Gasteiger partial charge >= 0.3 is 0 Å². The number of rotatable bonds is 4. The maximum absolute atomic E-state index is 3.30. The predicted octanol–water partition coefficient (Wildman–Crippen LogP) is 4.12. The van der Waals surface area contributed by atoms with Gasteiger partial charge < -0.3 is 34.0 Å². The van der Waals surface area contributed by atoms with E-state index in [4.69, 9.17) is 0 Å². The van der Waals surface area contributed by atoms with Gasteiger partial charge in [-0.05, 0) is 121 Å². The Hall–Kier alpha value is -4.66. The van der Waals surface area contributed by atoms with Gasteiger partial charge in [0.25, 0.3) is 0 Å². The van der Waals surface area contributed by atoms with Crippen LogP contribution in [0.5, 0.6) is 0 Å². The van der Waals surface area contributed by atoms with Gasteiger partial charge in [-0.25, -0.2) is 0 Å². The number of hydrogen-bond acceptors (Lipinski definition) is 0. The van der Waals surface area contributed by atoms with Crippen molar-refractivity contribution in [2.75, 3.05) is 10.7 Å². The molecule has 0 bridgehead atoms. The van der Waals surface area contributed by atoms with E-state index in [2.05, 4.69) is 226 Å². The standard InChI is InChI=1S/C32H30N2.C18H12Br2.2BrH/c1-25-17-21-33(23-27(25)3)19-5-7-29-9-13-31(14-10-29)32-15-11-30(12-16-32)8-6-20-34-22-18-26(2)28(4)24-34;19-13-1-3-15-5-9-17(10-6-15)18-11-7-16(8-12-18)4-2-14-20;;/h9-18,21-24H,19-20H2,1-4H3;5-12H,13-14H2;2*1H/q+2;;;/p-2. The van der Waals surface area contributed by atoms with Crippen molar-refractivity contribution >= 4 is 31.9 Å². The van der Waals surface area contributed by atoms with Crippen molar-refractivity contribution in [2.45, 2.75) is 40.8 Å². The van der Waals surface area contributed by atoms with E-state index in [-0.39, 0.29) is 34.0 Å². The highest BCUT2D eigenvalue weighted by Crippen LogP contribution is 2.21. The highest BCUT2D eigenvalue weighted by Gasteiger charge is 2.03. The molecule has 6 heteroatoms. The highest BCUT2D eigenvalue weighted by atomic mass is 79.9. The summed E-state index contributed by atoms with van der Waals surface area (Å²) in [6.07, 6.45) is 8.44. The van der Waals surface area contributed by atoms with Crippen molar-refractivity contribution in [1.29, 1.82) is 0 Å². The number of aromatic nitrogens is 2. The van der Waals surface area contributed by atoms with E-state index in [1.165, 1.54) is 44.5 Å². The van der Waals surface area contributed by atoms with Gasteiger partial charge in [0.05, 0.1) is 10.7 Å². The van der Waals surface area contributed by atoms with Gasteiger partial charge in [-0.2, -0.15) is 9.13 Å². The number of hydrogen-bond donors (Lipinski definition) is 0. The van der Waals surface area contributed by atoms with Crippen LogP contribution >= 0.6 is 31.9 Å². The van der Waals surface area contributed by atoms with E-state index < -0.39 is 0 Å². The van der Waals surface area contributed by atoms with E-state index >= 15 is 0 Å². The molecule has 0 fully saturated rings. The summed E-state index contributed by atoms with van der Waals surface area (Å²) in [6.45, 7) is 9.88. The first-order chi connectivity index (χ1) is 26.3. The molecular formula is C50H42Br4N2. The largest absolute Gasteiger partial charge is 1.00 e. The van der Waals surface area contributed by atoms with Crippen LogP contribution in [0, 0.1) is 75.1 Å². The number of halogens is 4. The average molecular weight is 991 g/mol. The fraction of sp³-hybridized carbons (Fsp3) is 0.160. The molecule has 280 valence electrons. The van der Waals surface area contributed by atoms with Gasteiger partial charge in [0.15, 0.2) is 24.8 Å². The summed E-state index contributed by atoms with van der Waals surface area (Å²) < 4.78 is 4.24. The minimum Gasteiger partial charge on any atom is -1.00 e. The Kier molecular flexibility index (Phi) is 19.7. The van der Waals surface area contributed by atoms with Crippen LogP contribution in [0.1, 0.15) is 44.5 Å². The van der Waals surface area contributed by atoms with Crippen LogP contribution in [0.3, 0.4) is 0 Å². The Bertz CT molecular complexity index is 2260. The lowest BCUT2D eigenvalue weighted by atomic mass is 10.0.